The fourth-order valence-corrected chi connectivity index (χ4v) is 4.56. The summed E-state index contributed by atoms with van der Waals surface area (Å²) < 4.78 is 0. The number of nitrogens with zero attached hydrogens (tertiary/aromatic N) is 1. The van der Waals surface area contributed by atoms with Crippen LogP contribution in [0.1, 0.15) is 47.5 Å². The number of hydrogen-bond acceptors (Lipinski definition) is 1. The van der Waals surface area contributed by atoms with E-state index in [9.17, 15) is 0 Å². The lowest BCUT2D eigenvalue weighted by Gasteiger charge is -2.43. The third kappa shape index (κ3) is 5.31. The molecule has 16 heavy (non-hydrogen) atoms. The smallest absolute Gasteiger partial charge is 0.0509 e. The van der Waals surface area contributed by atoms with E-state index in [0.717, 1.165) is 12.2 Å². The van der Waals surface area contributed by atoms with Gasteiger partial charge in [0.05, 0.1) is 8.80 Å². The first-order chi connectivity index (χ1) is 7.20. The van der Waals surface area contributed by atoms with Crippen LogP contribution >= 0.6 is 0 Å². The monoisotopic (exact) mass is 241 g/mol. The molecular weight excluding hydrogens is 210 g/mol. The molecule has 0 aliphatic carbocycles. The molecular formula is C14H31NSi. The fourth-order valence-electron chi connectivity index (χ4n) is 2.29. The van der Waals surface area contributed by atoms with E-state index in [0.29, 0.717) is 0 Å². The molecule has 1 atom stereocenters. The molecule has 0 rings (SSSR count). The molecule has 0 saturated carbocycles. The highest BCUT2D eigenvalue weighted by atomic mass is 28.3. The Labute approximate surface area is 105 Å². The molecule has 0 aliphatic heterocycles. The zero-order valence-electron chi connectivity index (χ0n) is 12.4. The Balaban J connectivity index is 4.88. The Morgan fingerprint density at radius 3 is 2.06 bits per heavy atom. The SMILES string of the molecule is C=C(C)CN(C(CCC)[SiH](C)C)C(C)(C)C. The van der Waals surface area contributed by atoms with Crippen molar-refractivity contribution in [3.05, 3.63) is 12.2 Å². The van der Waals surface area contributed by atoms with Crippen molar-refractivity contribution in [2.24, 2.45) is 0 Å². The van der Waals surface area contributed by atoms with Gasteiger partial charge in [0.1, 0.15) is 0 Å². The van der Waals surface area contributed by atoms with Gasteiger partial charge in [0.2, 0.25) is 0 Å². The quantitative estimate of drug-likeness (QED) is 0.504. The molecule has 0 aromatic rings. The molecule has 0 bridgehead atoms. The van der Waals surface area contributed by atoms with Crippen LogP contribution in [0.2, 0.25) is 13.1 Å². The largest absolute Gasteiger partial charge is 0.295 e. The Morgan fingerprint density at radius 1 is 1.31 bits per heavy atom. The Morgan fingerprint density at radius 2 is 1.81 bits per heavy atom. The van der Waals surface area contributed by atoms with E-state index in [1.165, 1.54) is 18.4 Å². The van der Waals surface area contributed by atoms with Gasteiger partial charge in [-0.15, -0.1) is 0 Å². The molecule has 96 valence electrons. The summed E-state index contributed by atoms with van der Waals surface area (Å²) in [6, 6.07) is 0. The molecule has 1 unspecified atom stereocenters. The molecule has 0 aliphatic rings. The van der Waals surface area contributed by atoms with Crippen molar-refractivity contribution in [2.45, 2.75) is 71.8 Å². The second-order valence-electron chi connectivity index (χ2n) is 6.36. The summed E-state index contributed by atoms with van der Waals surface area (Å²) in [7, 11) is -0.635. The molecule has 0 amide bonds. The van der Waals surface area contributed by atoms with Crippen molar-refractivity contribution >= 4 is 8.80 Å². The number of rotatable bonds is 6. The fraction of sp³-hybridized carbons (Fsp3) is 0.857. The van der Waals surface area contributed by atoms with Crippen LogP contribution < -0.4 is 0 Å². The van der Waals surface area contributed by atoms with Crippen LogP contribution in [0.25, 0.3) is 0 Å². The summed E-state index contributed by atoms with van der Waals surface area (Å²) in [6.07, 6.45) is 2.63. The van der Waals surface area contributed by atoms with Gasteiger partial charge in [-0.3, -0.25) is 4.90 Å². The van der Waals surface area contributed by atoms with Crippen LogP contribution in [0, 0.1) is 0 Å². The lowest BCUT2D eigenvalue weighted by atomic mass is 10.0. The number of hydrogen-bond donors (Lipinski definition) is 0. The third-order valence-corrected chi connectivity index (χ3v) is 5.29. The molecule has 0 saturated heterocycles. The van der Waals surface area contributed by atoms with E-state index < -0.39 is 8.80 Å². The molecule has 0 aromatic carbocycles. The molecule has 0 N–H and O–H groups in total. The lowest BCUT2D eigenvalue weighted by Crippen LogP contribution is -2.53. The first-order valence-corrected chi connectivity index (χ1v) is 9.58. The average Bonchev–Trinajstić information content (AvgIpc) is 2.08. The summed E-state index contributed by atoms with van der Waals surface area (Å²) >= 11 is 0. The first-order valence-electron chi connectivity index (χ1n) is 6.61. The van der Waals surface area contributed by atoms with Crippen molar-refractivity contribution in [1.29, 1.82) is 0 Å². The van der Waals surface area contributed by atoms with E-state index in [-0.39, 0.29) is 5.54 Å². The standard InChI is InChI=1S/C14H31NSi/c1-9-10-13(16(7)8)15(11-12(2)3)14(4,5)6/h13,16H,2,9-11H2,1,3-8H3. The van der Waals surface area contributed by atoms with Gasteiger partial charge in [0.25, 0.3) is 0 Å². The third-order valence-electron chi connectivity index (χ3n) is 3.06. The van der Waals surface area contributed by atoms with Crippen molar-refractivity contribution in [1.82, 2.24) is 4.90 Å². The maximum absolute atomic E-state index is 4.08. The van der Waals surface area contributed by atoms with Crippen LogP contribution in [0.3, 0.4) is 0 Å². The summed E-state index contributed by atoms with van der Waals surface area (Å²) in [5.74, 6) is 0. The van der Waals surface area contributed by atoms with Gasteiger partial charge in [-0.05, 0) is 34.1 Å². The molecule has 1 nitrogen and oxygen atoms in total. The normalized spacial score (nSPS) is 14.6. The van der Waals surface area contributed by atoms with Crippen LogP contribution in [0.4, 0.5) is 0 Å². The van der Waals surface area contributed by atoms with Crippen LogP contribution in [-0.2, 0) is 0 Å². The first kappa shape index (κ1) is 15.9. The predicted molar refractivity (Wildman–Crippen MR) is 78.8 cm³/mol. The minimum atomic E-state index is -0.635. The minimum absolute atomic E-state index is 0.260. The highest BCUT2D eigenvalue weighted by molar-refractivity contribution is 6.57. The van der Waals surface area contributed by atoms with E-state index >= 15 is 0 Å². The van der Waals surface area contributed by atoms with Gasteiger partial charge in [0.15, 0.2) is 0 Å². The van der Waals surface area contributed by atoms with Crippen molar-refractivity contribution in [2.75, 3.05) is 6.54 Å². The van der Waals surface area contributed by atoms with Crippen molar-refractivity contribution in [3.63, 3.8) is 0 Å². The average molecular weight is 241 g/mol. The Hall–Kier alpha value is -0.0831. The molecule has 0 heterocycles. The van der Waals surface area contributed by atoms with Crippen molar-refractivity contribution < 1.29 is 0 Å². The summed E-state index contributed by atoms with van der Waals surface area (Å²) in [5.41, 5.74) is 2.35. The molecule has 0 aromatic heterocycles. The Bertz CT molecular complexity index is 215. The van der Waals surface area contributed by atoms with Crippen molar-refractivity contribution in [3.8, 4) is 0 Å². The van der Waals surface area contributed by atoms with Crippen LogP contribution in [0.15, 0.2) is 12.2 Å². The van der Waals surface area contributed by atoms with Gasteiger partial charge in [0, 0.05) is 17.7 Å². The van der Waals surface area contributed by atoms with E-state index in [1.54, 1.807) is 0 Å². The second kappa shape index (κ2) is 6.60. The van der Waals surface area contributed by atoms with Gasteiger partial charge < -0.3 is 0 Å². The van der Waals surface area contributed by atoms with E-state index in [2.05, 4.69) is 59.2 Å². The van der Waals surface area contributed by atoms with Gasteiger partial charge >= 0.3 is 0 Å². The van der Waals surface area contributed by atoms with E-state index in [4.69, 9.17) is 0 Å². The topological polar surface area (TPSA) is 3.24 Å². The summed E-state index contributed by atoms with van der Waals surface area (Å²) in [4.78, 5) is 2.68. The Kier molecular flexibility index (Phi) is 6.57. The van der Waals surface area contributed by atoms with Gasteiger partial charge in [-0.2, -0.15) is 0 Å². The van der Waals surface area contributed by atoms with Crippen LogP contribution in [0.5, 0.6) is 0 Å². The summed E-state index contributed by atoms with van der Waals surface area (Å²) in [5, 5.41) is 0. The molecule has 0 radical (unpaired) electrons. The van der Waals surface area contributed by atoms with E-state index in [1.807, 2.05) is 0 Å². The zero-order valence-corrected chi connectivity index (χ0v) is 13.6. The molecule has 0 fully saturated rings. The second-order valence-corrected chi connectivity index (χ2v) is 9.61. The minimum Gasteiger partial charge on any atom is -0.295 e. The van der Waals surface area contributed by atoms with Gasteiger partial charge in [-0.1, -0.05) is 38.6 Å². The van der Waals surface area contributed by atoms with Gasteiger partial charge in [-0.25, -0.2) is 0 Å². The molecule has 0 spiro atoms. The maximum atomic E-state index is 4.08. The lowest BCUT2D eigenvalue weighted by molar-refractivity contribution is 0.124. The molecule has 2 heteroatoms. The zero-order chi connectivity index (χ0) is 12.9. The summed E-state index contributed by atoms with van der Waals surface area (Å²) in [6.45, 7) is 21.5. The highest BCUT2D eigenvalue weighted by Gasteiger charge is 2.30. The highest BCUT2D eigenvalue weighted by Crippen LogP contribution is 2.23. The predicted octanol–water partition coefficient (Wildman–Crippen LogP) is 3.86. The maximum Gasteiger partial charge on any atom is 0.0509 e. The van der Waals surface area contributed by atoms with Crippen LogP contribution in [-0.4, -0.2) is 31.4 Å².